The molecule has 6 heteroatoms. The van der Waals surface area contributed by atoms with Gasteiger partial charge in [0.15, 0.2) is 0 Å². The molecule has 0 radical (unpaired) electrons. The largest absolute Gasteiger partial charge is 0.393 e. The van der Waals surface area contributed by atoms with Crippen LogP contribution in [0.5, 0.6) is 0 Å². The Hall–Kier alpha value is -2.08. The van der Waals surface area contributed by atoms with Gasteiger partial charge in [-0.2, -0.15) is 0 Å². The number of anilines is 1. The fourth-order valence-corrected chi connectivity index (χ4v) is 5.32. The van der Waals surface area contributed by atoms with Crippen LogP contribution in [0, 0.1) is 5.41 Å². The van der Waals surface area contributed by atoms with E-state index in [1.54, 1.807) is 0 Å². The molecule has 1 saturated carbocycles. The lowest BCUT2D eigenvalue weighted by molar-refractivity contribution is -0.139. The predicted octanol–water partition coefficient (Wildman–Crippen LogP) is 1.84. The van der Waals surface area contributed by atoms with E-state index in [0.29, 0.717) is 11.9 Å². The maximum atomic E-state index is 13.4. The quantitative estimate of drug-likeness (QED) is 0.828. The summed E-state index contributed by atoms with van der Waals surface area (Å²) in [5, 5.41) is 9.77. The highest BCUT2D eigenvalue weighted by molar-refractivity contribution is 5.86. The minimum atomic E-state index is -0.323. The molecule has 0 aromatic heterocycles. The number of aliphatic hydroxyl groups is 1. The van der Waals surface area contributed by atoms with Crippen LogP contribution in [0.25, 0.3) is 0 Å². The summed E-state index contributed by atoms with van der Waals surface area (Å²) in [7, 11) is 0. The molecule has 0 bridgehead atoms. The number of amides is 2. The zero-order valence-electron chi connectivity index (χ0n) is 16.5. The summed E-state index contributed by atoms with van der Waals surface area (Å²) >= 11 is 0. The van der Waals surface area contributed by atoms with Crippen molar-refractivity contribution >= 4 is 17.5 Å². The number of aliphatic hydroxyl groups excluding tert-OH is 1. The van der Waals surface area contributed by atoms with Crippen molar-refractivity contribution in [1.82, 2.24) is 4.90 Å². The fraction of sp³-hybridized carbons (Fsp3) is 0.636. The maximum absolute atomic E-state index is 13.4. The molecule has 1 atom stereocenters. The molecule has 3 N–H and O–H groups in total. The van der Waals surface area contributed by atoms with Crippen LogP contribution in [-0.4, -0.2) is 53.6 Å². The fourth-order valence-electron chi connectivity index (χ4n) is 5.32. The van der Waals surface area contributed by atoms with E-state index in [-0.39, 0.29) is 23.8 Å². The molecule has 2 heterocycles. The minimum Gasteiger partial charge on any atom is -0.393 e. The zero-order chi connectivity index (χ0) is 19.7. The van der Waals surface area contributed by atoms with Crippen molar-refractivity contribution in [3.05, 3.63) is 29.8 Å². The van der Waals surface area contributed by atoms with Crippen LogP contribution < -0.4 is 10.6 Å². The first-order chi connectivity index (χ1) is 13.5. The maximum Gasteiger partial charge on any atom is 0.230 e. The van der Waals surface area contributed by atoms with Crippen LogP contribution in [0.3, 0.4) is 0 Å². The van der Waals surface area contributed by atoms with Crippen molar-refractivity contribution in [3.8, 4) is 0 Å². The van der Waals surface area contributed by atoms with Crippen molar-refractivity contribution in [2.24, 2.45) is 11.1 Å². The number of primary amides is 1. The molecule has 152 valence electrons. The highest BCUT2D eigenvalue weighted by Crippen LogP contribution is 2.43. The van der Waals surface area contributed by atoms with Gasteiger partial charge in [0, 0.05) is 31.4 Å². The third-order valence-electron chi connectivity index (χ3n) is 6.91. The van der Waals surface area contributed by atoms with E-state index < -0.39 is 0 Å². The normalized spacial score (nSPS) is 30.8. The number of rotatable bonds is 4. The molecule has 1 unspecified atom stereocenters. The monoisotopic (exact) mass is 385 g/mol. The number of nitrogens with two attached hydrogens (primary N) is 1. The molecule has 1 aromatic carbocycles. The molecular formula is C22H31N3O3. The predicted molar refractivity (Wildman–Crippen MR) is 108 cm³/mol. The molecular weight excluding hydrogens is 354 g/mol. The summed E-state index contributed by atoms with van der Waals surface area (Å²) in [5.74, 6) is 0.000453. The average Bonchev–Trinajstić information content (AvgIpc) is 2.98. The molecule has 3 aliphatic rings. The van der Waals surface area contributed by atoms with Gasteiger partial charge in [0.2, 0.25) is 11.8 Å². The highest BCUT2D eigenvalue weighted by atomic mass is 16.3. The molecule has 1 spiro atoms. The van der Waals surface area contributed by atoms with Crippen LogP contribution in [0.15, 0.2) is 24.3 Å². The molecule has 1 aromatic rings. The van der Waals surface area contributed by atoms with Gasteiger partial charge < -0.3 is 20.6 Å². The van der Waals surface area contributed by atoms with E-state index in [9.17, 15) is 14.7 Å². The van der Waals surface area contributed by atoms with Crippen LogP contribution in [-0.2, 0) is 16.0 Å². The number of nitrogens with zero attached hydrogens (tertiary/aromatic N) is 2. The van der Waals surface area contributed by atoms with Crippen LogP contribution in [0.4, 0.5) is 5.69 Å². The lowest BCUT2D eigenvalue weighted by atomic mass is 9.78. The van der Waals surface area contributed by atoms with Crippen molar-refractivity contribution in [3.63, 3.8) is 0 Å². The van der Waals surface area contributed by atoms with Gasteiger partial charge in [0.05, 0.1) is 17.9 Å². The van der Waals surface area contributed by atoms with Gasteiger partial charge in [0.25, 0.3) is 0 Å². The Balaban J connectivity index is 1.44. The Morgan fingerprint density at radius 3 is 2.50 bits per heavy atom. The molecule has 6 nitrogen and oxygen atoms in total. The zero-order valence-corrected chi connectivity index (χ0v) is 16.5. The van der Waals surface area contributed by atoms with Crippen molar-refractivity contribution in [2.75, 3.05) is 24.5 Å². The summed E-state index contributed by atoms with van der Waals surface area (Å²) in [4.78, 5) is 28.9. The van der Waals surface area contributed by atoms with Gasteiger partial charge in [0.1, 0.15) is 0 Å². The van der Waals surface area contributed by atoms with Crippen molar-refractivity contribution in [1.29, 1.82) is 0 Å². The number of benzene rings is 1. The lowest BCUT2D eigenvalue weighted by Crippen LogP contribution is -2.50. The second-order valence-electron chi connectivity index (χ2n) is 8.83. The molecule has 3 fully saturated rings. The van der Waals surface area contributed by atoms with Crippen LogP contribution in [0.2, 0.25) is 0 Å². The number of carbonyl (C=O) groups is 2. The number of carbonyl (C=O) groups excluding carboxylic acids is 2. The number of hydrogen-bond donors (Lipinski definition) is 2. The summed E-state index contributed by atoms with van der Waals surface area (Å²) in [5.41, 5.74) is 7.04. The lowest BCUT2D eigenvalue weighted by Gasteiger charge is -2.41. The Bertz CT molecular complexity index is 727. The van der Waals surface area contributed by atoms with E-state index in [1.807, 2.05) is 24.3 Å². The highest BCUT2D eigenvalue weighted by Gasteiger charge is 2.50. The van der Waals surface area contributed by atoms with Gasteiger partial charge in [-0.3, -0.25) is 9.59 Å². The van der Waals surface area contributed by atoms with E-state index in [4.69, 9.17) is 5.73 Å². The van der Waals surface area contributed by atoms with Gasteiger partial charge >= 0.3 is 0 Å². The second-order valence-corrected chi connectivity index (χ2v) is 8.83. The molecule has 2 saturated heterocycles. The van der Waals surface area contributed by atoms with Crippen molar-refractivity contribution < 1.29 is 14.7 Å². The van der Waals surface area contributed by atoms with E-state index in [0.717, 1.165) is 75.8 Å². The standard InChI is InChI=1S/C22H31N3O3/c23-20(27)14-16-2-4-17(5-3-16)24-12-1-10-22(15-24)11-13-25(21(22)28)18-6-8-19(26)9-7-18/h2-5,18-19,26H,1,6-15H2,(H2,23,27). The minimum absolute atomic E-state index is 0.189. The first-order valence-corrected chi connectivity index (χ1v) is 10.6. The molecule has 28 heavy (non-hydrogen) atoms. The SMILES string of the molecule is NC(=O)Cc1ccc(N2CCCC3(CCN(C4CCC(O)CC4)C3=O)C2)cc1. The Labute approximate surface area is 166 Å². The topological polar surface area (TPSA) is 86.9 Å². The van der Waals surface area contributed by atoms with Crippen molar-refractivity contribution in [2.45, 2.75) is 63.5 Å². The first-order valence-electron chi connectivity index (χ1n) is 10.6. The third-order valence-corrected chi connectivity index (χ3v) is 6.91. The van der Waals surface area contributed by atoms with Gasteiger partial charge in [-0.05, 0) is 62.6 Å². The Morgan fingerprint density at radius 1 is 1.11 bits per heavy atom. The van der Waals surface area contributed by atoms with Crippen LogP contribution >= 0.6 is 0 Å². The van der Waals surface area contributed by atoms with Gasteiger partial charge in [-0.25, -0.2) is 0 Å². The summed E-state index contributed by atoms with van der Waals surface area (Å²) in [6, 6.07) is 8.29. The smallest absolute Gasteiger partial charge is 0.230 e. The first kappa shape index (κ1) is 19.2. The van der Waals surface area contributed by atoms with E-state index >= 15 is 0 Å². The summed E-state index contributed by atoms with van der Waals surface area (Å²) in [6.07, 6.45) is 6.46. The molecule has 1 aliphatic carbocycles. The average molecular weight is 386 g/mol. The molecule has 2 aliphatic heterocycles. The van der Waals surface area contributed by atoms with E-state index in [2.05, 4.69) is 9.80 Å². The van der Waals surface area contributed by atoms with E-state index in [1.165, 1.54) is 0 Å². The number of likely N-dealkylation sites (tertiary alicyclic amines) is 1. The third kappa shape index (κ3) is 3.75. The number of piperidine rings is 1. The number of hydrogen-bond acceptors (Lipinski definition) is 4. The molecule has 4 rings (SSSR count). The van der Waals surface area contributed by atoms with Gasteiger partial charge in [-0.1, -0.05) is 12.1 Å². The van der Waals surface area contributed by atoms with Crippen LogP contribution in [0.1, 0.15) is 50.5 Å². The van der Waals surface area contributed by atoms with Gasteiger partial charge in [-0.15, -0.1) is 0 Å². The Morgan fingerprint density at radius 2 is 1.82 bits per heavy atom. The summed E-state index contributed by atoms with van der Waals surface area (Å²) in [6.45, 7) is 2.58. The summed E-state index contributed by atoms with van der Waals surface area (Å²) < 4.78 is 0. The second kappa shape index (κ2) is 7.74. The Kier molecular flexibility index (Phi) is 5.32. The molecule has 2 amide bonds.